The molecule has 84 valence electrons. The van der Waals surface area contributed by atoms with E-state index < -0.39 is 11.8 Å². The van der Waals surface area contributed by atoms with Gasteiger partial charge >= 0.3 is 11.8 Å². The van der Waals surface area contributed by atoms with E-state index in [2.05, 4.69) is 0 Å². The van der Waals surface area contributed by atoms with Gasteiger partial charge in [-0.05, 0) is 6.07 Å². The molecule has 2 aromatic carbocycles. The van der Waals surface area contributed by atoms with Crippen LogP contribution in [0.3, 0.4) is 0 Å². The number of hydrogen-bond acceptors (Lipinski definition) is 2. The smallest absolute Gasteiger partial charge is 0.341 e. The van der Waals surface area contributed by atoms with E-state index in [1.165, 1.54) is 0 Å². The minimum absolute atomic E-state index is 0.274. The maximum atomic E-state index is 14.8. The van der Waals surface area contributed by atoms with Gasteiger partial charge in [-0.1, -0.05) is 48.5 Å². The van der Waals surface area contributed by atoms with E-state index in [1.807, 2.05) is 0 Å². The molecule has 3 heteroatoms. The molecule has 1 aliphatic heterocycles. The molecule has 3 rings (SSSR count). The van der Waals surface area contributed by atoms with Gasteiger partial charge < -0.3 is 4.74 Å². The van der Waals surface area contributed by atoms with Crippen LogP contribution >= 0.6 is 0 Å². The van der Waals surface area contributed by atoms with Gasteiger partial charge in [-0.25, -0.2) is 4.79 Å². The zero-order valence-corrected chi connectivity index (χ0v) is 8.89. The van der Waals surface area contributed by atoms with Gasteiger partial charge in [0.05, 0.1) is 5.56 Å². The zero-order chi connectivity index (χ0) is 11.9. The van der Waals surface area contributed by atoms with Crippen molar-refractivity contribution in [2.24, 2.45) is 0 Å². The fourth-order valence-electron chi connectivity index (χ4n) is 2.05. The van der Waals surface area contributed by atoms with E-state index in [0.717, 1.165) is 0 Å². The van der Waals surface area contributed by atoms with Crippen molar-refractivity contribution in [2.45, 2.75) is 5.85 Å². The van der Waals surface area contributed by atoms with E-state index in [-0.39, 0.29) is 5.56 Å². The Morgan fingerprint density at radius 3 is 2.35 bits per heavy atom. The number of cyclic esters (lactones) is 1. The van der Waals surface area contributed by atoms with Crippen molar-refractivity contribution in [1.29, 1.82) is 0 Å². The van der Waals surface area contributed by atoms with Gasteiger partial charge in [0.1, 0.15) is 0 Å². The topological polar surface area (TPSA) is 26.3 Å². The Balaban J connectivity index is 2.21. The highest BCUT2D eigenvalue weighted by atomic mass is 19.2. The van der Waals surface area contributed by atoms with Crippen molar-refractivity contribution in [3.63, 3.8) is 0 Å². The number of ether oxygens (including phenoxy) is 1. The van der Waals surface area contributed by atoms with Crippen molar-refractivity contribution >= 4 is 5.97 Å². The van der Waals surface area contributed by atoms with Crippen LogP contribution in [0.1, 0.15) is 21.5 Å². The van der Waals surface area contributed by atoms with Crippen LogP contribution < -0.4 is 0 Å². The molecule has 0 N–H and O–H groups in total. The lowest BCUT2D eigenvalue weighted by Gasteiger charge is -2.19. The Kier molecular flexibility index (Phi) is 2.01. The van der Waals surface area contributed by atoms with Gasteiger partial charge in [-0.3, -0.25) is 0 Å². The number of carbonyl (C=O) groups excluding carboxylic acids is 1. The Hall–Kier alpha value is -2.16. The summed E-state index contributed by atoms with van der Waals surface area (Å²) in [5, 5.41) is 0. The molecule has 0 amide bonds. The number of fused-ring (bicyclic) bond motifs is 1. The SMILES string of the molecule is O=C1OC(F)(c2ccccc2)c2ccccc21. The number of alkyl halides is 1. The summed E-state index contributed by atoms with van der Waals surface area (Å²) in [7, 11) is 0. The first-order valence-corrected chi connectivity index (χ1v) is 5.29. The molecule has 0 saturated carbocycles. The van der Waals surface area contributed by atoms with Gasteiger partial charge in [0.25, 0.3) is 0 Å². The lowest BCUT2D eigenvalue weighted by molar-refractivity contribution is -0.0651. The molecule has 1 unspecified atom stereocenters. The van der Waals surface area contributed by atoms with E-state index in [9.17, 15) is 9.18 Å². The van der Waals surface area contributed by atoms with Crippen LogP contribution in [-0.4, -0.2) is 5.97 Å². The third-order valence-electron chi connectivity index (χ3n) is 2.87. The number of benzene rings is 2. The number of esters is 1. The Bertz CT molecular complexity index is 580. The minimum Gasteiger partial charge on any atom is -0.416 e. The molecule has 1 heterocycles. The lowest BCUT2D eigenvalue weighted by Crippen LogP contribution is -2.21. The maximum Gasteiger partial charge on any atom is 0.341 e. The highest BCUT2D eigenvalue weighted by molar-refractivity contribution is 5.95. The number of rotatable bonds is 1. The molecule has 0 spiro atoms. The van der Waals surface area contributed by atoms with Gasteiger partial charge in [0.2, 0.25) is 0 Å². The zero-order valence-electron chi connectivity index (χ0n) is 8.89. The third-order valence-corrected chi connectivity index (χ3v) is 2.87. The summed E-state index contributed by atoms with van der Waals surface area (Å²) in [6, 6.07) is 15.0. The van der Waals surface area contributed by atoms with Gasteiger partial charge in [-0.2, -0.15) is 4.39 Å². The fourth-order valence-corrected chi connectivity index (χ4v) is 2.05. The Morgan fingerprint density at radius 1 is 0.941 bits per heavy atom. The van der Waals surface area contributed by atoms with Crippen LogP contribution in [-0.2, 0) is 10.6 Å². The van der Waals surface area contributed by atoms with Crippen LogP contribution in [0.5, 0.6) is 0 Å². The lowest BCUT2D eigenvalue weighted by atomic mass is 9.97. The van der Waals surface area contributed by atoms with Crippen LogP contribution in [0.25, 0.3) is 0 Å². The average molecular weight is 228 g/mol. The van der Waals surface area contributed by atoms with Crippen molar-refractivity contribution in [2.75, 3.05) is 0 Å². The van der Waals surface area contributed by atoms with Gasteiger partial charge in [0.15, 0.2) is 0 Å². The summed E-state index contributed by atoms with van der Waals surface area (Å²) in [4.78, 5) is 11.6. The van der Waals surface area contributed by atoms with Crippen molar-refractivity contribution in [1.82, 2.24) is 0 Å². The van der Waals surface area contributed by atoms with Crippen LogP contribution in [0.15, 0.2) is 54.6 Å². The number of carbonyl (C=O) groups is 1. The standard InChI is InChI=1S/C14H9FO2/c15-14(10-6-2-1-3-7-10)12-9-5-4-8-11(12)13(16)17-14/h1-9H. The molecular formula is C14H9FO2. The summed E-state index contributed by atoms with van der Waals surface area (Å²) >= 11 is 0. The molecule has 0 bridgehead atoms. The predicted octanol–water partition coefficient (Wildman–Crippen LogP) is 3.03. The highest BCUT2D eigenvalue weighted by Crippen LogP contribution is 2.42. The normalized spacial score (nSPS) is 22.1. The molecule has 0 saturated heterocycles. The van der Waals surface area contributed by atoms with E-state index in [4.69, 9.17) is 4.74 Å². The first-order chi connectivity index (χ1) is 8.22. The molecule has 0 radical (unpaired) electrons. The van der Waals surface area contributed by atoms with Crippen LogP contribution in [0.2, 0.25) is 0 Å². The molecule has 1 aliphatic rings. The molecule has 0 aromatic heterocycles. The van der Waals surface area contributed by atoms with Crippen LogP contribution in [0, 0.1) is 0 Å². The second kappa shape index (κ2) is 3.42. The molecule has 2 aromatic rings. The summed E-state index contributed by atoms with van der Waals surface area (Å²) in [6.45, 7) is 0. The second-order valence-electron chi connectivity index (χ2n) is 3.90. The van der Waals surface area contributed by atoms with Crippen molar-refractivity contribution < 1.29 is 13.9 Å². The van der Waals surface area contributed by atoms with E-state index >= 15 is 0 Å². The third kappa shape index (κ3) is 1.35. The highest BCUT2D eigenvalue weighted by Gasteiger charge is 2.47. The first kappa shape index (κ1) is 10.0. The largest absolute Gasteiger partial charge is 0.416 e. The van der Waals surface area contributed by atoms with Crippen LogP contribution in [0.4, 0.5) is 4.39 Å². The minimum atomic E-state index is -2.16. The van der Waals surface area contributed by atoms with Crippen molar-refractivity contribution in [3.8, 4) is 0 Å². The predicted molar refractivity (Wildman–Crippen MR) is 60.2 cm³/mol. The average Bonchev–Trinajstić information content (AvgIpc) is 2.65. The first-order valence-electron chi connectivity index (χ1n) is 5.29. The Labute approximate surface area is 97.7 Å². The number of halogens is 1. The molecule has 0 aliphatic carbocycles. The fraction of sp³-hybridized carbons (Fsp3) is 0.0714. The summed E-state index contributed by atoms with van der Waals surface area (Å²) in [5.74, 6) is -2.78. The maximum absolute atomic E-state index is 14.8. The molecule has 2 nitrogen and oxygen atoms in total. The number of hydrogen-bond donors (Lipinski definition) is 0. The molecule has 17 heavy (non-hydrogen) atoms. The molecular weight excluding hydrogens is 219 g/mol. The molecule has 1 atom stereocenters. The van der Waals surface area contributed by atoms with Gasteiger partial charge in [0, 0.05) is 11.1 Å². The Morgan fingerprint density at radius 2 is 1.59 bits per heavy atom. The summed E-state index contributed by atoms with van der Waals surface area (Å²) in [6.07, 6.45) is 0. The summed E-state index contributed by atoms with van der Waals surface area (Å²) < 4.78 is 19.7. The second-order valence-corrected chi connectivity index (χ2v) is 3.90. The quantitative estimate of drug-likeness (QED) is 0.701. The molecule has 0 fully saturated rings. The van der Waals surface area contributed by atoms with Gasteiger partial charge in [-0.15, -0.1) is 0 Å². The monoisotopic (exact) mass is 228 g/mol. The van der Waals surface area contributed by atoms with Crippen molar-refractivity contribution in [3.05, 3.63) is 71.3 Å². The summed E-state index contributed by atoms with van der Waals surface area (Å²) in [5.41, 5.74) is 0.897. The van der Waals surface area contributed by atoms with E-state index in [0.29, 0.717) is 11.1 Å². The van der Waals surface area contributed by atoms with E-state index in [1.54, 1.807) is 54.6 Å².